The monoisotopic (exact) mass is 559 g/mol. The molecule has 0 aromatic heterocycles. The Kier molecular flexibility index (Phi) is 10.2. The van der Waals surface area contributed by atoms with Crippen LogP contribution in [0.5, 0.6) is 0 Å². The summed E-state index contributed by atoms with van der Waals surface area (Å²) in [5, 5.41) is 7.97. The molecule has 0 saturated heterocycles. The number of hydrogen-bond donors (Lipinski definition) is 2. The van der Waals surface area contributed by atoms with E-state index in [1.807, 2.05) is 107 Å². The molecule has 220 valence electrons. The first-order chi connectivity index (χ1) is 19.3. The normalized spacial score (nSPS) is 14.0. The van der Waals surface area contributed by atoms with Crippen LogP contribution in [0.15, 0.2) is 72.8 Å². The van der Waals surface area contributed by atoms with Crippen LogP contribution in [0.25, 0.3) is 10.8 Å². The highest BCUT2D eigenvalue weighted by atomic mass is 16.6. The molecule has 3 aromatic rings. The lowest BCUT2D eigenvalue weighted by Gasteiger charge is -2.45. The Bertz CT molecular complexity index is 1350. The maximum atomic E-state index is 14.6. The van der Waals surface area contributed by atoms with Gasteiger partial charge in [0.05, 0.1) is 0 Å². The molecule has 3 unspecified atom stereocenters. The molecule has 41 heavy (non-hydrogen) atoms. The number of fused-ring (bicyclic) bond motifs is 1. The molecule has 3 atom stereocenters. The van der Waals surface area contributed by atoms with E-state index in [-0.39, 0.29) is 17.7 Å². The third kappa shape index (κ3) is 8.09. The van der Waals surface area contributed by atoms with E-state index in [0.717, 1.165) is 10.8 Å². The van der Waals surface area contributed by atoms with Gasteiger partial charge in [-0.05, 0) is 75.4 Å². The third-order valence-electron chi connectivity index (χ3n) is 7.54. The van der Waals surface area contributed by atoms with Crippen molar-refractivity contribution in [3.05, 3.63) is 78.4 Å². The Morgan fingerprint density at radius 1 is 0.854 bits per heavy atom. The minimum Gasteiger partial charge on any atom is -0.444 e. The summed E-state index contributed by atoms with van der Waals surface area (Å²) < 4.78 is 5.51. The van der Waals surface area contributed by atoms with Crippen LogP contribution in [-0.2, 0) is 14.3 Å². The van der Waals surface area contributed by atoms with E-state index in [4.69, 9.17) is 4.74 Å². The average molecular weight is 560 g/mol. The Morgan fingerprint density at radius 3 is 2.05 bits per heavy atom. The number of nitrogens with zero attached hydrogens (tertiary/aromatic N) is 1. The number of anilines is 1. The zero-order valence-corrected chi connectivity index (χ0v) is 25.7. The van der Waals surface area contributed by atoms with E-state index in [2.05, 4.69) is 10.6 Å². The van der Waals surface area contributed by atoms with Crippen molar-refractivity contribution in [3.63, 3.8) is 0 Å². The van der Waals surface area contributed by atoms with Gasteiger partial charge in [-0.1, -0.05) is 87.9 Å². The molecule has 3 rings (SSSR count). The molecular weight excluding hydrogens is 514 g/mol. The highest BCUT2D eigenvalue weighted by Gasteiger charge is 2.44. The first-order valence-corrected chi connectivity index (χ1v) is 14.4. The Labute approximate surface area is 244 Å². The summed E-state index contributed by atoms with van der Waals surface area (Å²) in [4.78, 5) is 43.3. The van der Waals surface area contributed by atoms with E-state index in [9.17, 15) is 14.4 Å². The quantitative estimate of drug-likeness (QED) is 0.270. The van der Waals surface area contributed by atoms with Crippen LogP contribution < -0.4 is 10.6 Å². The number of alkyl carbamates (subject to hydrolysis) is 1. The second-order valence-corrected chi connectivity index (χ2v) is 12.2. The molecule has 0 saturated carbocycles. The standard InChI is InChI=1S/C34H45N3O4/c1-9-23(3)28(36-32(40)41-33(4,5)6)31(39)37(34(7,8)10-2)29(25-17-12-11-13-18-25)30(38)35-27-21-20-24-16-14-15-19-26(24)22-27/h11-23,28-29H,9-10H2,1-8H3,(H,35,38)(H,36,40). The summed E-state index contributed by atoms with van der Waals surface area (Å²) in [5.74, 6) is -0.869. The summed E-state index contributed by atoms with van der Waals surface area (Å²) >= 11 is 0. The minimum atomic E-state index is -0.947. The molecule has 0 heterocycles. The SMILES string of the molecule is CCC(C)C(NC(=O)OC(C)(C)C)C(=O)N(C(C(=O)Nc1ccc2ccccc2c1)c1ccccc1)C(C)(C)CC. The van der Waals surface area contributed by atoms with Crippen molar-refractivity contribution >= 4 is 34.4 Å². The first-order valence-electron chi connectivity index (χ1n) is 14.4. The summed E-state index contributed by atoms with van der Waals surface area (Å²) in [6, 6.07) is 21.2. The fraction of sp³-hybridized carbons (Fsp3) is 0.441. The van der Waals surface area contributed by atoms with Crippen LogP contribution in [-0.4, -0.2) is 40.0 Å². The average Bonchev–Trinajstić information content (AvgIpc) is 2.93. The highest BCUT2D eigenvalue weighted by Crippen LogP contribution is 2.34. The molecule has 0 bridgehead atoms. The minimum absolute atomic E-state index is 0.204. The number of amides is 3. The summed E-state index contributed by atoms with van der Waals surface area (Å²) in [7, 11) is 0. The smallest absolute Gasteiger partial charge is 0.408 e. The molecule has 0 aliphatic carbocycles. The lowest BCUT2D eigenvalue weighted by atomic mass is 9.89. The lowest BCUT2D eigenvalue weighted by molar-refractivity contribution is -0.148. The van der Waals surface area contributed by atoms with Gasteiger partial charge in [-0.2, -0.15) is 0 Å². The number of ether oxygens (including phenoxy) is 1. The second kappa shape index (κ2) is 13.2. The summed E-state index contributed by atoms with van der Waals surface area (Å²) in [5.41, 5.74) is -0.121. The zero-order chi connectivity index (χ0) is 30.4. The Balaban J connectivity index is 2.08. The molecule has 2 N–H and O–H groups in total. The largest absolute Gasteiger partial charge is 0.444 e. The number of benzene rings is 3. The zero-order valence-electron chi connectivity index (χ0n) is 25.7. The molecular formula is C34H45N3O4. The van der Waals surface area contributed by atoms with Crippen LogP contribution in [0.2, 0.25) is 0 Å². The fourth-order valence-corrected chi connectivity index (χ4v) is 4.74. The molecule has 0 spiro atoms. The van der Waals surface area contributed by atoms with Gasteiger partial charge in [-0.3, -0.25) is 9.59 Å². The van der Waals surface area contributed by atoms with Crippen LogP contribution in [0.4, 0.5) is 10.5 Å². The van der Waals surface area contributed by atoms with Gasteiger partial charge >= 0.3 is 6.09 Å². The number of hydrogen-bond acceptors (Lipinski definition) is 4. The topological polar surface area (TPSA) is 87.7 Å². The highest BCUT2D eigenvalue weighted by molar-refractivity contribution is 6.00. The summed E-state index contributed by atoms with van der Waals surface area (Å²) in [6.07, 6.45) is 0.568. The van der Waals surface area contributed by atoms with Gasteiger partial charge in [-0.25, -0.2) is 4.79 Å². The number of carbonyl (C=O) groups excluding carboxylic acids is 3. The van der Waals surface area contributed by atoms with E-state index < -0.39 is 29.3 Å². The number of carbonyl (C=O) groups is 3. The number of rotatable bonds is 10. The van der Waals surface area contributed by atoms with Crippen molar-refractivity contribution in [2.45, 2.75) is 91.5 Å². The molecule has 3 amide bonds. The Hall–Kier alpha value is -3.87. The van der Waals surface area contributed by atoms with Gasteiger partial charge in [0.25, 0.3) is 5.91 Å². The van der Waals surface area contributed by atoms with Gasteiger partial charge in [0, 0.05) is 11.2 Å². The van der Waals surface area contributed by atoms with Crippen LogP contribution in [0.1, 0.15) is 79.8 Å². The predicted octanol–water partition coefficient (Wildman–Crippen LogP) is 7.48. The second-order valence-electron chi connectivity index (χ2n) is 12.2. The van der Waals surface area contributed by atoms with E-state index in [1.165, 1.54) is 0 Å². The van der Waals surface area contributed by atoms with E-state index >= 15 is 0 Å². The maximum Gasteiger partial charge on any atom is 0.408 e. The van der Waals surface area contributed by atoms with Crippen molar-refractivity contribution < 1.29 is 19.1 Å². The van der Waals surface area contributed by atoms with Crippen molar-refractivity contribution in [1.29, 1.82) is 0 Å². The lowest BCUT2D eigenvalue weighted by Crippen LogP contribution is -2.60. The molecule has 7 nitrogen and oxygen atoms in total. The predicted molar refractivity (Wildman–Crippen MR) is 166 cm³/mol. The molecule has 3 aromatic carbocycles. The van der Waals surface area contributed by atoms with Crippen molar-refractivity contribution in [2.75, 3.05) is 5.32 Å². The van der Waals surface area contributed by atoms with Crippen molar-refractivity contribution in [3.8, 4) is 0 Å². The van der Waals surface area contributed by atoms with Gasteiger partial charge in [0.1, 0.15) is 17.7 Å². The van der Waals surface area contributed by atoms with Gasteiger partial charge in [0.2, 0.25) is 5.91 Å². The van der Waals surface area contributed by atoms with Crippen LogP contribution >= 0.6 is 0 Å². The van der Waals surface area contributed by atoms with Crippen LogP contribution in [0, 0.1) is 5.92 Å². The van der Waals surface area contributed by atoms with E-state index in [1.54, 1.807) is 25.7 Å². The maximum absolute atomic E-state index is 14.6. The van der Waals surface area contributed by atoms with Crippen molar-refractivity contribution in [2.24, 2.45) is 5.92 Å². The van der Waals surface area contributed by atoms with Crippen LogP contribution in [0.3, 0.4) is 0 Å². The molecule has 0 radical (unpaired) electrons. The Morgan fingerprint density at radius 2 is 1.46 bits per heavy atom. The van der Waals surface area contributed by atoms with Gasteiger partial charge in [-0.15, -0.1) is 0 Å². The van der Waals surface area contributed by atoms with Gasteiger partial charge in [0.15, 0.2) is 0 Å². The third-order valence-corrected chi connectivity index (χ3v) is 7.54. The molecule has 0 aliphatic heterocycles. The summed E-state index contributed by atoms with van der Waals surface area (Å²) in [6.45, 7) is 15.1. The molecule has 7 heteroatoms. The molecule has 0 aliphatic rings. The first kappa shape index (κ1) is 31.7. The van der Waals surface area contributed by atoms with Crippen molar-refractivity contribution in [1.82, 2.24) is 10.2 Å². The van der Waals surface area contributed by atoms with Gasteiger partial charge < -0.3 is 20.3 Å². The molecule has 0 fully saturated rings. The van der Waals surface area contributed by atoms with E-state index in [0.29, 0.717) is 24.1 Å². The number of nitrogens with one attached hydrogen (secondary N) is 2. The fourth-order valence-electron chi connectivity index (χ4n) is 4.74.